The highest BCUT2D eigenvalue weighted by Gasteiger charge is 2.07. The van der Waals surface area contributed by atoms with Crippen molar-refractivity contribution in [3.63, 3.8) is 0 Å². The highest BCUT2D eigenvalue weighted by molar-refractivity contribution is 6.32. The van der Waals surface area contributed by atoms with Crippen molar-refractivity contribution in [3.8, 4) is 5.75 Å². The van der Waals surface area contributed by atoms with Crippen LogP contribution in [0.1, 0.15) is 11.1 Å². The summed E-state index contributed by atoms with van der Waals surface area (Å²) in [5.41, 5.74) is 3.74. The number of carbonyl (C=O) groups is 1. The predicted octanol–water partition coefficient (Wildman–Crippen LogP) is 3.28. The van der Waals surface area contributed by atoms with E-state index in [0.717, 1.165) is 5.56 Å². The highest BCUT2D eigenvalue weighted by atomic mass is 35.5. The lowest BCUT2D eigenvalue weighted by Crippen LogP contribution is -2.25. The minimum atomic E-state index is -0.484. The molecule has 1 heterocycles. The van der Waals surface area contributed by atoms with E-state index in [0.29, 0.717) is 21.7 Å². The Morgan fingerprint density at radius 3 is 2.92 bits per heavy atom. The van der Waals surface area contributed by atoms with E-state index in [1.165, 1.54) is 12.5 Å². The molecule has 0 aliphatic carbocycles. The number of fused-ring (bicyclic) bond motifs is 1. The Labute approximate surface area is 154 Å². The van der Waals surface area contributed by atoms with Crippen LogP contribution in [-0.4, -0.2) is 18.7 Å². The number of nitrogens with zero attached hydrogens (tertiary/aromatic N) is 1. The van der Waals surface area contributed by atoms with Crippen molar-refractivity contribution in [1.82, 2.24) is 5.43 Å². The van der Waals surface area contributed by atoms with Gasteiger partial charge in [0.05, 0.1) is 22.2 Å². The van der Waals surface area contributed by atoms with Crippen molar-refractivity contribution in [2.45, 2.75) is 6.92 Å². The molecular formula is C19H15ClN2O4. The maximum Gasteiger partial charge on any atom is 0.277 e. The zero-order valence-corrected chi connectivity index (χ0v) is 14.6. The van der Waals surface area contributed by atoms with Crippen LogP contribution in [0.5, 0.6) is 5.75 Å². The first-order valence-electron chi connectivity index (χ1n) is 7.76. The quantitative estimate of drug-likeness (QED) is 0.552. The van der Waals surface area contributed by atoms with Crippen molar-refractivity contribution in [2.75, 3.05) is 6.61 Å². The molecule has 3 aromatic rings. The zero-order chi connectivity index (χ0) is 18.5. The first-order chi connectivity index (χ1) is 12.5. The van der Waals surface area contributed by atoms with Crippen molar-refractivity contribution in [1.29, 1.82) is 0 Å². The topological polar surface area (TPSA) is 80.9 Å². The summed E-state index contributed by atoms with van der Waals surface area (Å²) in [6, 6.07) is 12.2. The van der Waals surface area contributed by atoms with Crippen LogP contribution in [0.4, 0.5) is 0 Å². The fourth-order valence-electron chi connectivity index (χ4n) is 2.26. The second-order valence-corrected chi connectivity index (χ2v) is 5.94. The lowest BCUT2D eigenvalue weighted by Gasteiger charge is -2.06. The molecule has 0 atom stereocenters. The third-order valence-corrected chi connectivity index (χ3v) is 3.86. The van der Waals surface area contributed by atoms with Crippen LogP contribution in [0.3, 0.4) is 0 Å². The molecule has 132 valence electrons. The van der Waals surface area contributed by atoms with E-state index >= 15 is 0 Å². The van der Waals surface area contributed by atoms with Gasteiger partial charge in [-0.25, -0.2) is 5.43 Å². The van der Waals surface area contributed by atoms with E-state index in [2.05, 4.69) is 10.5 Å². The number of benzene rings is 2. The van der Waals surface area contributed by atoms with Gasteiger partial charge in [0.1, 0.15) is 17.6 Å². The fraction of sp³-hybridized carbons (Fsp3) is 0.105. The zero-order valence-electron chi connectivity index (χ0n) is 13.9. The number of ether oxygens (including phenoxy) is 1. The Hall–Kier alpha value is -3.12. The summed E-state index contributed by atoms with van der Waals surface area (Å²) in [7, 11) is 0. The number of amides is 1. The molecule has 0 saturated carbocycles. The number of aryl methyl sites for hydroxylation is 1. The average molecular weight is 371 g/mol. The summed E-state index contributed by atoms with van der Waals surface area (Å²) in [6.07, 6.45) is 2.54. The number of nitrogens with one attached hydrogen (secondary N) is 1. The van der Waals surface area contributed by atoms with Gasteiger partial charge in [0.25, 0.3) is 5.91 Å². The lowest BCUT2D eigenvalue weighted by molar-refractivity contribution is -0.123. The summed E-state index contributed by atoms with van der Waals surface area (Å²) in [6.45, 7) is 1.63. The first kappa shape index (κ1) is 17.7. The number of para-hydroxylation sites is 1. The van der Waals surface area contributed by atoms with Gasteiger partial charge in [0.15, 0.2) is 6.61 Å². The summed E-state index contributed by atoms with van der Waals surface area (Å²) >= 11 is 5.94. The Morgan fingerprint density at radius 1 is 1.31 bits per heavy atom. The number of hydrogen-bond acceptors (Lipinski definition) is 5. The smallest absolute Gasteiger partial charge is 0.277 e. The fourth-order valence-corrected chi connectivity index (χ4v) is 2.45. The van der Waals surface area contributed by atoms with Gasteiger partial charge in [-0.1, -0.05) is 35.4 Å². The maximum atomic E-state index is 12.4. The van der Waals surface area contributed by atoms with Crippen LogP contribution in [0.25, 0.3) is 11.0 Å². The second kappa shape index (κ2) is 7.84. The summed E-state index contributed by atoms with van der Waals surface area (Å²) in [4.78, 5) is 24.2. The van der Waals surface area contributed by atoms with Gasteiger partial charge < -0.3 is 9.15 Å². The van der Waals surface area contributed by atoms with Gasteiger partial charge in [-0.05, 0) is 31.2 Å². The molecule has 1 N–H and O–H groups in total. The van der Waals surface area contributed by atoms with Crippen molar-refractivity contribution in [2.24, 2.45) is 5.10 Å². The van der Waals surface area contributed by atoms with Gasteiger partial charge in [-0.15, -0.1) is 0 Å². The van der Waals surface area contributed by atoms with E-state index in [4.69, 9.17) is 20.8 Å². The molecule has 7 heteroatoms. The van der Waals surface area contributed by atoms with Crippen LogP contribution < -0.4 is 15.6 Å². The minimum absolute atomic E-state index is 0.222. The third kappa shape index (κ3) is 4.10. The Balaban J connectivity index is 1.64. The Kier molecular flexibility index (Phi) is 5.34. The number of halogens is 1. The van der Waals surface area contributed by atoms with E-state index in [-0.39, 0.29) is 17.6 Å². The van der Waals surface area contributed by atoms with Crippen LogP contribution in [-0.2, 0) is 4.79 Å². The second-order valence-electron chi connectivity index (χ2n) is 5.53. The SMILES string of the molecule is Cc1ccc2occ(C=NNC(=O)COc3ccccc3Cl)c(=O)c2c1. The molecule has 0 spiro atoms. The maximum absolute atomic E-state index is 12.4. The van der Waals surface area contributed by atoms with Crippen molar-refractivity contribution < 1.29 is 13.9 Å². The molecule has 0 fully saturated rings. The molecular weight excluding hydrogens is 356 g/mol. The van der Waals surface area contributed by atoms with Crippen molar-refractivity contribution >= 4 is 34.7 Å². The molecule has 2 aromatic carbocycles. The number of rotatable bonds is 5. The molecule has 0 radical (unpaired) electrons. The van der Waals surface area contributed by atoms with E-state index in [1.807, 2.05) is 13.0 Å². The lowest BCUT2D eigenvalue weighted by atomic mass is 10.1. The van der Waals surface area contributed by atoms with Crippen molar-refractivity contribution in [3.05, 3.63) is 75.1 Å². The van der Waals surface area contributed by atoms with Gasteiger partial charge in [0, 0.05) is 0 Å². The number of carbonyl (C=O) groups excluding carboxylic acids is 1. The van der Waals surface area contributed by atoms with Gasteiger partial charge in [0.2, 0.25) is 5.43 Å². The van der Waals surface area contributed by atoms with Crippen LogP contribution in [0.2, 0.25) is 5.02 Å². The molecule has 26 heavy (non-hydrogen) atoms. The number of hydrogen-bond donors (Lipinski definition) is 1. The first-order valence-corrected chi connectivity index (χ1v) is 8.14. The molecule has 3 rings (SSSR count). The summed E-state index contributed by atoms with van der Waals surface area (Å²) < 4.78 is 10.7. The molecule has 0 aliphatic heterocycles. The largest absolute Gasteiger partial charge is 0.482 e. The van der Waals surface area contributed by atoms with Crippen LogP contribution >= 0.6 is 11.6 Å². The van der Waals surface area contributed by atoms with E-state index < -0.39 is 5.91 Å². The van der Waals surface area contributed by atoms with Crippen LogP contribution in [0.15, 0.2) is 63.0 Å². The predicted molar refractivity (Wildman–Crippen MR) is 99.9 cm³/mol. The van der Waals surface area contributed by atoms with E-state index in [1.54, 1.807) is 36.4 Å². The molecule has 1 aromatic heterocycles. The monoisotopic (exact) mass is 370 g/mol. The van der Waals surface area contributed by atoms with E-state index in [9.17, 15) is 9.59 Å². The molecule has 6 nitrogen and oxygen atoms in total. The van der Waals surface area contributed by atoms with Gasteiger partial charge in [-0.3, -0.25) is 9.59 Å². The van der Waals surface area contributed by atoms with Crippen LogP contribution in [0, 0.1) is 6.92 Å². The third-order valence-electron chi connectivity index (χ3n) is 3.54. The number of hydrazone groups is 1. The van der Waals surface area contributed by atoms with Gasteiger partial charge >= 0.3 is 0 Å². The molecule has 0 aliphatic rings. The Morgan fingerprint density at radius 2 is 2.12 bits per heavy atom. The highest BCUT2D eigenvalue weighted by Crippen LogP contribution is 2.22. The minimum Gasteiger partial charge on any atom is -0.482 e. The summed E-state index contributed by atoms with van der Waals surface area (Å²) in [5.74, 6) is -0.0824. The molecule has 0 unspecified atom stereocenters. The molecule has 1 amide bonds. The molecule has 0 bridgehead atoms. The summed E-state index contributed by atoms with van der Waals surface area (Å²) in [5, 5.41) is 4.64. The normalized spacial score (nSPS) is 11.0. The molecule has 0 saturated heterocycles. The standard InChI is InChI=1S/C19H15ClN2O4/c1-12-6-7-16-14(8-12)19(24)13(10-25-16)9-21-22-18(23)11-26-17-5-3-2-4-15(17)20/h2-10H,11H2,1H3,(H,22,23). The Bertz CT molecular complexity index is 1040. The average Bonchev–Trinajstić information content (AvgIpc) is 2.63. The van der Waals surface area contributed by atoms with Gasteiger partial charge in [-0.2, -0.15) is 5.10 Å².